The van der Waals surface area contributed by atoms with Gasteiger partial charge < -0.3 is 0 Å². The maximum Gasteiger partial charge on any atom is 0.0215 e. The maximum absolute atomic E-state index is 2.54. The van der Waals surface area contributed by atoms with Crippen LogP contribution < -0.4 is 10.6 Å². The van der Waals surface area contributed by atoms with Crippen molar-refractivity contribution < 1.29 is 0 Å². The monoisotopic (exact) mass is 312 g/mol. The summed E-state index contributed by atoms with van der Waals surface area (Å²) in [6, 6.07) is 21.3. The molecule has 2 aromatic carbocycles. The average molecular weight is 312 g/mol. The first-order chi connectivity index (χ1) is 6.88. The van der Waals surface area contributed by atoms with Gasteiger partial charge in [-0.25, -0.2) is 0 Å². The minimum Gasteiger partial charge on any atom is -0.0622 e. The zero-order valence-corrected chi connectivity index (χ0v) is 10.7. The average Bonchev–Trinajstić information content (AvgIpc) is 2.30. The van der Waals surface area contributed by atoms with Crippen molar-refractivity contribution >= 4 is 38.2 Å². The van der Waals surface area contributed by atoms with E-state index in [4.69, 9.17) is 0 Å². The van der Waals surface area contributed by atoms with Gasteiger partial charge in [-0.1, -0.05) is 60.7 Å². The molecular formula is C12H10IP. The van der Waals surface area contributed by atoms with Crippen molar-refractivity contribution in [3.05, 3.63) is 60.7 Å². The zero-order valence-electron chi connectivity index (χ0n) is 7.60. The summed E-state index contributed by atoms with van der Waals surface area (Å²) >= 11 is 2.54. The second-order valence-corrected chi connectivity index (χ2v) is 7.44. The first-order valence-electron chi connectivity index (χ1n) is 4.44. The molecule has 0 bridgehead atoms. The fraction of sp³-hybridized carbons (Fsp3) is 0. The van der Waals surface area contributed by atoms with Crippen molar-refractivity contribution in [1.29, 1.82) is 0 Å². The largest absolute Gasteiger partial charge is 0.0622 e. The Hall–Kier alpha value is -0.400. The van der Waals surface area contributed by atoms with Crippen LogP contribution in [0.5, 0.6) is 0 Å². The molecule has 0 aliphatic rings. The molecule has 0 fully saturated rings. The Morgan fingerprint density at radius 3 is 1.36 bits per heavy atom. The minimum absolute atomic E-state index is 0.201. The van der Waals surface area contributed by atoms with Gasteiger partial charge in [0, 0.05) is 5.56 Å². The second-order valence-electron chi connectivity index (χ2n) is 2.95. The van der Waals surface area contributed by atoms with Crippen molar-refractivity contribution in [2.24, 2.45) is 0 Å². The number of rotatable bonds is 2. The molecule has 2 heteroatoms. The fourth-order valence-electron chi connectivity index (χ4n) is 1.27. The van der Waals surface area contributed by atoms with Gasteiger partial charge in [0.1, 0.15) is 0 Å². The van der Waals surface area contributed by atoms with Crippen molar-refractivity contribution in [1.82, 2.24) is 0 Å². The molecule has 0 unspecified atom stereocenters. The summed E-state index contributed by atoms with van der Waals surface area (Å²) in [5.41, 5.74) is -0.201. The molecule has 0 aromatic heterocycles. The van der Waals surface area contributed by atoms with E-state index in [1.54, 1.807) is 0 Å². The van der Waals surface area contributed by atoms with Gasteiger partial charge in [-0.3, -0.25) is 0 Å². The van der Waals surface area contributed by atoms with Crippen LogP contribution in [0.2, 0.25) is 0 Å². The Morgan fingerprint density at radius 2 is 1.00 bits per heavy atom. The lowest BCUT2D eigenvalue weighted by Gasteiger charge is -2.09. The lowest BCUT2D eigenvalue weighted by molar-refractivity contribution is 1.76. The molecule has 0 amide bonds. The molecule has 2 rings (SSSR count). The van der Waals surface area contributed by atoms with Crippen LogP contribution in [0.15, 0.2) is 60.7 Å². The summed E-state index contributed by atoms with van der Waals surface area (Å²) in [6.07, 6.45) is 0. The number of hydrogen-bond donors (Lipinski definition) is 0. The summed E-state index contributed by atoms with van der Waals surface area (Å²) < 4.78 is 0. The second kappa shape index (κ2) is 4.90. The molecule has 0 aliphatic carbocycles. The lowest BCUT2D eigenvalue weighted by Crippen LogP contribution is -2.06. The standard InChI is InChI=1S/C12H10IP/c13-14(11-7-3-1-4-8-11)12-9-5-2-6-10-12/h1-10H. The van der Waals surface area contributed by atoms with Gasteiger partial charge in [0.15, 0.2) is 0 Å². The molecule has 14 heavy (non-hydrogen) atoms. The molecule has 70 valence electrons. The van der Waals surface area contributed by atoms with Gasteiger partial charge in [0.05, 0.1) is 0 Å². The van der Waals surface area contributed by atoms with E-state index in [1.165, 1.54) is 10.6 Å². The van der Waals surface area contributed by atoms with Crippen LogP contribution in [0.1, 0.15) is 0 Å². The van der Waals surface area contributed by atoms with Crippen LogP contribution in [0.4, 0.5) is 0 Å². The zero-order chi connectivity index (χ0) is 9.80. The molecule has 0 N–H and O–H groups in total. The summed E-state index contributed by atoms with van der Waals surface area (Å²) in [5.74, 6) is 0. The van der Waals surface area contributed by atoms with E-state index >= 15 is 0 Å². The van der Waals surface area contributed by atoms with Crippen LogP contribution in [0.3, 0.4) is 0 Å². The van der Waals surface area contributed by atoms with Gasteiger partial charge >= 0.3 is 0 Å². The first kappa shape index (κ1) is 10.1. The highest BCUT2D eigenvalue weighted by Gasteiger charge is 2.07. The van der Waals surface area contributed by atoms with Gasteiger partial charge in [-0.2, -0.15) is 0 Å². The molecule has 0 spiro atoms. The number of benzene rings is 2. The summed E-state index contributed by atoms with van der Waals surface area (Å²) in [6.45, 7) is 0. The van der Waals surface area contributed by atoms with Gasteiger partial charge in [-0.05, 0) is 32.7 Å². The topological polar surface area (TPSA) is 0 Å². The van der Waals surface area contributed by atoms with Crippen LogP contribution in [0, 0.1) is 0 Å². The van der Waals surface area contributed by atoms with Crippen LogP contribution in [0.25, 0.3) is 0 Å². The highest BCUT2D eigenvalue weighted by Crippen LogP contribution is 2.42. The summed E-state index contributed by atoms with van der Waals surface area (Å²) in [7, 11) is 0. The van der Waals surface area contributed by atoms with E-state index in [-0.39, 0.29) is 5.56 Å². The summed E-state index contributed by atoms with van der Waals surface area (Å²) in [5, 5.41) is 2.85. The molecular weight excluding hydrogens is 302 g/mol. The smallest absolute Gasteiger partial charge is 0.0215 e. The molecule has 0 heterocycles. The molecule has 0 saturated carbocycles. The normalized spacial score (nSPS) is 10.4. The highest BCUT2D eigenvalue weighted by molar-refractivity contribution is 14.2. The van der Waals surface area contributed by atoms with E-state index in [2.05, 4.69) is 82.7 Å². The molecule has 2 aromatic rings. The Kier molecular flexibility index (Phi) is 3.55. The van der Waals surface area contributed by atoms with Crippen molar-refractivity contribution in [2.75, 3.05) is 0 Å². The third-order valence-electron chi connectivity index (χ3n) is 1.97. The molecule has 0 nitrogen and oxygen atoms in total. The van der Waals surface area contributed by atoms with E-state index in [9.17, 15) is 0 Å². The van der Waals surface area contributed by atoms with E-state index in [1.807, 2.05) is 0 Å². The van der Waals surface area contributed by atoms with Crippen LogP contribution in [-0.2, 0) is 0 Å². The SMILES string of the molecule is IP(c1ccccc1)c1ccccc1. The Balaban J connectivity index is 2.30. The van der Waals surface area contributed by atoms with E-state index in [0.29, 0.717) is 0 Å². The molecule has 0 atom stereocenters. The predicted molar refractivity (Wildman–Crippen MR) is 73.1 cm³/mol. The Bertz CT molecular complexity index is 346. The van der Waals surface area contributed by atoms with Gasteiger partial charge in [0.2, 0.25) is 0 Å². The third kappa shape index (κ3) is 2.34. The molecule has 0 saturated heterocycles. The highest BCUT2D eigenvalue weighted by atomic mass is 127. The lowest BCUT2D eigenvalue weighted by atomic mass is 10.4. The van der Waals surface area contributed by atoms with Crippen LogP contribution >= 0.6 is 27.6 Å². The minimum atomic E-state index is -0.201. The fourth-order valence-corrected chi connectivity index (χ4v) is 4.36. The third-order valence-corrected chi connectivity index (χ3v) is 6.81. The van der Waals surface area contributed by atoms with Crippen molar-refractivity contribution in [2.45, 2.75) is 0 Å². The number of hydrogen-bond acceptors (Lipinski definition) is 0. The van der Waals surface area contributed by atoms with Crippen molar-refractivity contribution in [3.8, 4) is 0 Å². The Labute approximate surface area is 98.6 Å². The summed E-state index contributed by atoms with van der Waals surface area (Å²) in [4.78, 5) is 0. The van der Waals surface area contributed by atoms with Crippen molar-refractivity contribution in [3.63, 3.8) is 0 Å². The van der Waals surface area contributed by atoms with E-state index in [0.717, 1.165) is 0 Å². The van der Waals surface area contributed by atoms with Gasteiger partial charge in [-0.15, -0.1) is 0 Å². The quantitative estimate of drug-likeness (QED) is 0.588. The van der Waals surface area contributed by atoms with Gasteiger partial charge in [0.25, 0.3) is 0 Å². The predicted octanol–water partition coefficient (Wildman–Crippen LogP) is 3.47. The first-order valence-corrected chi connectivity index (χ1v) is 8.56. The maximum atomic E-state index is 2.54. The Morgan fingerprint density at radius 1 is 0.643 bits per heavy atom. The molecule has 0 aliphatic heterocycles. The van der Waals surface area contributed by atoms with E-state index < -0.39 is 0 Å². The molecule has 0 radical (unpaired) electrons. The number of halogens is 1. The van der Waals surface area contributed by atoms with Crippen LogP contribution in [-0.4, -0.2) is 0 Å².